The first kappa shape index (κ1) is 16.0. The number of carbonyl (C=O) groups excluding carboxylic acids is 2. The number of rotatable bonds is 2. The van der Waals surface area contributed by atoms with Crippen LogP contribution in [0.1, 0.15) is 19.3 Å². The van der Waals surface area contributed by atoms with Crippen LogP contribution >= 0.6 is 0 Å². The molecule has 0 bridgehead atoms. The Kier molecular flexibility index (Phi) is 5.04. The quantitative estimate of drug-likeness (QED) is 0.676. The van der Waals surface area contributed by atoms with E-state index in [2.05, 4.69) is 10.6 Å². The lowest BCUT2D eigenvalue weighted by molar-refractivity contribution is -0.128. The molecule has 120 valence electrons. The summed E-state index contributed by atoms with van der Waals surface area (Å²) in [5.74, 6) is -0.529. The van der Waals surface area contributed by atoms with E-state index in [-0.39, 0.29) is 12.6 Å². The third-order valence-corrected chi connectivity index (χ3v) is 4.91. The Labute approximate surface area is 124 Å². The molecule has 0 aromatic rings. The van der Waals surface area contributed by atoms with E-state index in [1.807, 2.05) is 0 Å². The highest BCUT2D eigenvalue weighted by Gasteiger charge is 2.33. The number of sulfonamides is 1. The number of piperazine rings is 1. The van der Waals surface area contributed by atoms with Crippen molar-refractivity contribution in [3.8, 4) is 0 Å². The van der Waals surface area contributed by atoms with Gasteiger partial charge in [0.05, 0.1) is 6.26 Å². The maximum atomic E-state index is 12.3. The summed E-state index contributed by atoms with van der Waals surface area (Å²) < 4.78 is 24.2. The minimum absolute atomic E-state index is 0.192. The van der Waals surface area contributed by atoms with Crippen LogP contribution < -0.4 is 10.6 Å². The predicted molar refractivity (Wildman–Crippen MR) is 77.2 cm³/mol. The molecule has 2 heterocycles. The van der Waals surface area contributed by atoms with E-state index in [1.165, 1.54) is 0 Å². The minimum Gasteiger partial charge on any atom is -0.326 e. The molecule has 1 atom stereocenters. The van der Waals surface area contributed by atoms with Gasteiger partial charge >= 0.3 is 6.03 Å². The molecule has 2 aliphatic rings. The second kappa shape index (κ2) is 6.61. The van der Waals surface area contributed by atoms with E-state index in [1.54, 1.807) is 4.90 Å². The second-order valence-corrected chi connectivity index (χ2v) is 7.32. The van der Waals surface area contributed by atoms with Crippen molar-refractivity contribution in [1.29, 1.82) is 0 Å². The Balaban J connectivity index is 2.03. The lowest BCUT2D eigenvalue weighted by atomic mass is 10.1. The number of nitrogens with one attached hydrogen (secondary N) is 2. The molecule has 2 rings (SSSR count). The monoisotopic (exact) mass is 318 g/mol. The molecule has 0 saturated carbocycles. The van der Waals surface area contributed by atoms with Crippen molar-refractivity contribution in [3.05, 3.63) is 0 Å². The first-order valence-corrected chi connectivity index (χ1v) is 9.02. The number of amides is 3. The molecule has 0 aromatic carbocycles. The number of urea groups is 1. The van der Waals surface area contributed by atoms with Crippen LogP contribution in [0.25, 0.3) is 0 Å². The van der Waals surface area contributed by atoms with Crippen molar-refractivity contribution < 1.29 is 18.0 Å². The van der Waals surface area contributed by atoms with Crippen LogP contribution in [0.5, 0.6) is 0 Å². The fraction of sp³-hybridized carbons (Fsp3) is 0.833. The van der Waals surface area contributed by atoms with Crippen molar-refractivity contribution >= 4 is 22.0 Å². The lowest BCUT2D eigenvalue weighted by Crippen LogP contribution is -2.55. The van der Waals surface area contributed by atoms with Gasteiger partial charge in [0.2, 0.25) is 10.0 Å². The van der Waals surface area contributed by atoms with Gasteiger partial charge in [-0.1, -0.05) is 0 Å². The average Bonchev–Trinajstić information content (AvgIpc) is 2.62. The standard InChI is InChI=1S/C12H22N4O4S/c1-21(19,20)16-7-3-2-4-10(11(16)17)14-12(18)15-8-5-13-6-9-15/h10,13H,2-9H2,1H3,(H,14,18)/t10-/m0/s1. The van der Waals surface area contributed by atoms with E-state index in [0.717, 1.165) is 23.7 Å². The summed E-state index contributed by atoms with van der Waals surface area (Å²) >= 11 is 0. The molecule has 0 spiro atoms. The summed E-state index contributed by atoms with van der Waals surface area (Å²) in [6, 6.07) is -1.06. The van der Waals surface area contributed by atoms with E-state index < -0.39 is 22.0 Å². The molecular weight excluding hydrogens is 296 g/mol. The van der Waals surface area contributed by atoms with E-state index in [9.17, 15) is 18.0 Å². The normalized spacial score (nSPS) is 24.6. The van der Waals surface area contributed by atoms with E-state index in [0.29, 0.717) is 32.4 Å². The van der Waals surface area contributed by atoms with E-state index in [4.69, 9.17) is 0 Å². The highest BCUT2D eigenvalue weighted by molar-refractivity contribution is 7.88. The molecule has 2 N–H and O–H groups in total. The largest absolute Gasteiger partial charge is 0.326 e. The molecule has 9 heteroatoms. The van der Waals surface area contributed by atoms with Crippen LogP contribution in [-0.4, -0.2) is 74.6 Å². The summed E-state index contributed by atoms with van der Waals surface area (Å²) in [4.78, 5) is 26.1. The molecule has 21 heavy (non-hydrogen) atoms. The maximum absolute atomic E-state index is 12.3. The van der Waals surface area contributed by atoms with Gasteiger partial charge in [0.25, 0.3) is 5.91 Å². The Morgan fingerprint density at radius 2 is 1.90 bits per heavy atom. The van der Waals surface area contributed by atoms with Crippen molar-refractivity contribution in [2.45, 2.75) is 25.3 Å². The second-order valence-electron chi connectivity index (χ2n) is 5.41. The van der Waals surface area contributed by atoms with Gasteiger partial charge in [-0.05, 0) is 19.3 Å². The zero-order valence-electron chi connectivity index (χ0n) is 12.2. The summed E-state index contributed by atoms with van der Waals surface area (Å²) in [7, 11) is -3.58. The first-order valence-electron chi connectivity index (χ1n) is 7.17. The molecule has 0 unspecified atom stereocenters. The zero-order chi connectivity index (χ0) is 15.5. The fourth-order valence-corrected chi connectivity index (χ4v) is 3.50. The molecule has 0 aliphatic carbocycles. The summed E-state index contributed by atoms with van der Waals surface area (Å²) in [5, 5.41) is 5.83. The molecule has 0 radical (unpaired) electrons. The van der Waals surface area contributed by atoms with Gasteiger partial charge in [-0.15, -0.1) is 0 Å². The average molecular weight is 318 g/mol. The van der Waals surface area contributed by atoms with Gasteiger partial charge in [0.1, 0.15) is 6.04 Å². The highest BCUT2D eigenvalue weighted by Crippen LogP contribution is 2.15. The minimum atomic E-state index is -3.58. The number of hydrogen-bond donors (Lipinski definition) is 2. The van der Waals surface area contributed by atoms with Crippen molar-refractivity contribution in [2.24, 2.45) is 0 Å². The van der Waals surface area contributed by atoms with Crippen LogP contribution in [0.2, 0.25) is 0 Å². The van der Waals surface area contributed by atoms with Crippen molar-refractivity contribution in [2.75, 3.05) is 39.0 Å². The predicted octanol–water partition coefficient (Wildman–Crippen LogP) is -1.06. The topological polar surface area (TPSA) is 98.8 Å². The summed E-state index contributed by atoms with van der Waals surface area (Å²) in [6.45, 7) is 2.81. The lowest BCUT2D eigenvalue weighted by Gasteiger charge is -2.30. The van der Waals surface area contributed by atoms with Crippen molar-refractivity contribution in [1.82, 2.24) is 19.8 Å². The van der Waals surface area contributed by atoms with Crippen LogP contribution in [-0.2, 0) is 14.8 Å². The SMILES string of the molecule is CS(=O)(=O)N1CCCC[C@H](NC(=O)N2CCNCC2)C1=O. The van der Waals surface area contributed by atoms with Gasteiger partial charge in [-0.25, -0.2) is 17.5 Å². The highest BCUT2D eigenvalue weighted by atomic mass is 32.2. The van der Waals surface area contributed by atoms with Crippen LogP contribution in [0, 0.1) is 0 Å². The number of hydrogen-bond acceptors (Lipinski definition) is 5. The maximum Gasteiger partial charge on any atom is 0.318 e. The van der Waals surface area contributed by atoms with Gasteiger partial charge in [0.15, 0.2) is 0 Å². The molecule has 0 aromatic heterocycles. The molecule has 2 saturated heterocycles. The Hall–Kier alpha value is -1.35. The molecule has 2 fully saturated rings. The Bertz CT molecular complexity index is 501. The van der Waals surface area contributed by atoms with Crippen molar-refractivity contribution in [3.63, 3.8) is 0 Å². The molecular formula is C12H22N4O4S. The van der Waals surface area contributed by atoms with Crippen LogP contribution in [0.3, 0.4) is 0 Å². The smallest absolute Gasteiger partial charge is 0.318 e. The molecule has 3 amide bonds. The third-order valence-electron chi connectivity index (χ3n) is 3.75. The molecule has 8 nitrogen and oxygen atoms in total. The Morgan fingerprint density at radius 1 is 1.24 bits per heavy atom. The number of nitrogens with zero attached hydrogens (tertiary/aromatic N) is 2. The van der Waals surface area contributed by atoms with Crippen LogP contribution in [0.4, 0.5) is 4.79 Å². The summed E-state index contributed by atoms with van der Waals surface area (Å²) in [5.41, 5.74) is 0. The summed E-state index contributed by atoms with van der Waals surface area (Å²) in [6.07, 6.45) is 2.83. The third kappa shape index (κ3) is 4.07. The fourth-order valence-electron chi connectivity index (χ4n) is 2.58. The Morgan fingerprint density at radius 3 is 2.52 bits per heavy atom. The first-order chi connectivity index (χ1) is 9.89. The molecule has 2 aliphatic heterocycles. The van der Waals surface area contributed by atoms with Crippen LogP contribution in [0.15, 0.2) is 0 Å². The van der Waals surface area contributed by atoms with Gasteiger partial charge < -0.3 is 15.5 Å². The number of carbonyl (C=O) groups is 2. The van der Waals surface area contributed by atoms with Gasteiger partial charge in [-0.3, -0.25) is 4.79 Å². The van der Waals surface area contributed by atoms with Gasteiger partial charge in [0, 0.05) is 32.7 Å². The van der Waals surface area contributed by atoms with Gasteiger partial charge in [-0.2, -0.15) is 0 Å². The van der Waals surface area contributed by atoms with E-state index >= 15 is 0 Å². The zero-order valence-corrected chi connectivity index (χ0v) is 13.0.